The van der Waals surface area contributed by atoms with Gasteiger partial charge in [0.25, 0.3) is 0 Å². The zero-order valence-corrected chi connectivity index (χ0v) is 15.3. The third kappa shape index (κ3) is 3.48. The summed E-state index contributed by atoms with van der Waals surface area (Å²) >= 11 is 0. The Balaban J connectivity index is 0.00000208. The summed E-state index contributed by atoms with van der Waals surface area (Å²) < 4.78 is 35.4. The van der Waals surface area contributed by atoms with Crippen molar-refractivity contribution in [2.24, 2.45) is 0 Å². The van der Waals surface area contributed by atoms with Gasteiger partial charge in [0.05, 0.1) is 6.33 Å². The Labute approximate surface area is 158 Å². The van der Waals surface area contributed by atoms with Crippen molar-refractivity contribution < 1.29 is 52.7 Å². The van der Waals surface area contributed by atoms with Gasteiger partial charge in [0.15, 0.2) is 28.8 Å². The van der Waals surface area contributed by atoms with E-state index >= 15 is 0 Å². The van der Waals surface area contributed by atoms with Gasteiger partial charge in [0, 0.05) is 0 Å². The van der Waals surface area contributed by atoms with E-state index in [2.05, 4.69) is 25.4 Å². The summed E-state index contributed by atoms with van der Waals surface area (Å²) in [6.07, 6.45) is 7.98. The Morgan fingerprint density at radius 2 is 2.38 bits per heavy atom. The molecular formula is C12H9FN5NaO4P+. The normalized spacial score (nSPS) is 23.0. The third-order valence-electron chi connectivity index (χ3n) is 3.19. The molecule has 118 valence electrons. The molecule has 2 N–H and O–H groups in total. The summed E-state index contributed by atoms with van der Waals surface area (Å²) in [5, 5.41) is 0. The zero-order valence-electron chi connectivity index (χ0n) is 12.4. The van der Waals surface area contributed by atoms with Crippen molar-refractivity contribution in [2.75, 3.05) is 12.3 Å². The minimum absolute atomic E-state index is 0. The topological polar surface area (TPSA) is 128 Å². The average molecular weight is 360 g/mol. The Kier molecular flexibility index (Phi) is 5.67. The first-order valence-electron chi connectivity index (χ1n) is 6.22. The fraction of sp³-hybridized carbons (Fsp3) is 0.250. The van der Waals surface area contributed by atoms with Gasteiger partial charge in [0.2, 0.25) is 0 Å². The second-order valence-corrected chi connectivity index (χ2v) is 5.31. The van der Waals surface area contributed by atoms with E-state index < -0.39 is 26.2 Å². The maximum absolute atomic E-state index is 13.3. The number of rotatable bonds is 4. The van der Waals surface area contributed by atoms with Crippen LogP contribution in [0.1, 0.15) is 6.23 Å². The number of hydrogen-bond donors (Lipinski definition) is 1. The van der Waals surface area contributed by atoms with Gasteiger partial charge in [-0.1, -0.05) is 5.92 Å². The van der Waals surface area contributed by atoms with E-state index in [1.807, 2.05) is 0 Å². The van der Waals surface area contributed by atoms with E-state index in [-0.39, 0.29) is 53.1 Å². The fourth-order valence-corrected chi connectivity index (χ4v) is 2.43. The number of anilines is 1. The van der Waals surface area contributed by atoms with Gasteiger partial charge in [-0.3, -0.25) is 4.57 Å². The van der Waals surface area contributed by atoms with Crippen molar-refractivity contribution in [3.63, 3.8) is 0 Å². The van der Waals surface area contributed by atoms with Gasteiger partial charge >= 0.3 is 43.9 Å². The standard InChI is InChI=1S/C12H9FN5O4P.Na/c1-2-12(5-21-23(19)20)4-3-7(22-12)18-6-15-8-9(14)16-11(13)17-10(8)18;/h1,3-4,6-7H,5H2,(H2,14,16,17);/q;+1/t7-,12+;/m1./s1. The van der Waals surface area contributed by atoms with Crippen molar-refractivity contribution in [3.8, 4) is 12.3 Å². The molecule has 0 radical (unpaired) electrons. The molecule has 3 rings (SSSR count). The molecule has 3 heterocycles. The number of nitrogen functional groups attached to an aromatic ring is 1. The zero-order chi connectivity index (χ0) is 16.6. The summed E-state index contributed by atoms with van der Waals surface area (Å²) in [4.78, 5) is 21.6. The summed E-state index contributed by atoms with van der Waals surface area (Å²) in [7, 11) is -3.07. The van der Waals surface area contributed by atoms with Gasteiger partial charge in [-0.25, -0.2) is 4.98 Å². The summed E-state index contributed by atoms with van der Waals surface area (Å²) in [5.41, 5.74) is 4.54. The number of halogens is 1. The van der Waals surface area contributed by atoms with Crippen LogP contribution in [-0.2, 0) is 13.8 Å². The first kappa shape index (κ1) is 18.9. The predicted octanol–water partition coefficient (Wildman–Crippen LogP) is -2.96. The van der Waals surface area contributed by atoms with E-state index in [0.29, 0.717) is 0 Å². The number of imidazole rings is 1. The van der Waals surface area contributed by atoms with Gasteiger partial charge in [-0.05, 0) is 16.7 Å². The van der Waals surface area contributed by atoms with Crippen LogP contribution in [0.2, 0.25) is 0 Å². The van der Waals surface area contributed by atoms with Crippen LogP contribution in [0.15, 0.2) is 18.5 Å². The number of terminal acetylenes is 1. The van der Waals surface area contributed by atoms with Gasteiger partial charge in [-0.15, -0.1) is 10.9 Å². The molecule has 24 heavy (non-hydrogen) atoms. The summed E-state index contributed by atoms with van der Waals surface area (Å²) in [6, 6.07) is 0. The second-order valence-electron chi connectivity index (χ2n) is 4.60. The Morgan fingerprint density at radius 3 is 3.04 bits per heavy atom. The SMILES string of the molecule is C#C[C@@]1(CO[P+](=O)[O-])C=C[C@H](n2cnc3c(N)nc(F)nc32)O1.[Na+]. The number of hydrogen-bond acceptors (Lipinski definition) is 8. The quantitative estimate of drug-likeness (QED) is 0.201. The molecule has 2 aromatic heterocycles. The van der Waals surface area contributed by atoms with Gasteiger partial charge < -0.3 is 15.4 Å². The van der Waals surface area contributed by atoms with Crippen molar-refractivity contribution >= 4 is 25.2 Å². The summed E-state index contributed by atoms with van der Waals surface area (Å²) in [5.74, 6) is 2.22. The van der Waals surface area contributed by atoms with Crippen LogP contribution in [0.4, 0.5) is 10.2 Å². The first-order valence-corrected chi connectivity index (χ1v) is 7.31. The molecule has 0 amide bonds. The van der Waals surface area contributed by atoms with E-state index in [0.717, 1.165) is 0 Å². The third-order valence-corrected chi connectivity index (χ3v) is 3.53. The van der Waals surface area contributed by atoms with Crippen LogP contribution in [0.25, 0.3) is 11.2 Å². The smallest absolute Gasteiger partial charge is 0.566 e. The minimum Gasteiger partial charge on any atom is -0.566 e. The van der Waals surface area contributed by atoms with E-state index in [1.165, 1.54) is 17.0 Å². The maximum Gasteiger partial charge on any atom is 1.00 e. The van der Waals surface area contributed by atoms with Gasteiger partial charge in [-0.2, -0.15) is 14.4 Å². The van der Waals surface area contributed by atoms with Crippen molar-refractivity contribution in [1.29, 1.82) is 0 Å². The van der Waals surface area contributed by atoms with Crippen LogP contribution < -0.4 is 40.2 Å². The first-order chi connectivity index (χ1) is 10.9. The van der Waals surface area contributed by atoms with Crippen molar-refractivity contribution in [1.82, 2.24) is 19.5 Å². The molecule has 0 saturated heterocycles. The second kappa shape index (κ2) is 7.21. The maximum atomic E-state index is 13.3. The van der Waals surface area contributed by atoms with Crippen molar-refractivity contribution in [2.45, 2.75) is 11.8 Å². The molecule has 2 aromatic rings. The van der Waals surface area contributed by atoms with E-state index in [4.69, 9.17) is 16.9 Å². The van der Waals surface area contributed by atoms with E-state index in [9.17, 15) is 13.8 Å². The molecule has 3 atom stereocenters. The molecule has 1 aliphatic heterocycles. The largest absolute Gasteiger partial charge is 1.00 e. The predicted molar refractivity (Wildman–Crippen MR) is 74.1 cm³/mol. The number of aromatic nitrogens is 4. The number of nitrogens with two attached hydrogens (primary N) is 1. The molecule has 0 saturated carbocycles. The molecule has 0 fully saturated rings. The average Bonchev–Trinajstić information content (AvgIpc) is 3.09. The monoisotopic (exact) mass is 360 g/mol. The molecule has 0 aliphatic carbocycles. The molecule has 12 heteroatoms. The molecule has 0 bridgehead atoms. The van der Waals surface area contributed by atoms with Crippen LogP contribution in [0.3, 0.4) is 0 Å². The summed E-state index contributed by atoms with van der Waals surface area (Å²) in [6.45, 7) is -0.382. The molecule has 9 nitrogen and oxygen atoms in total. The Morgan fingerprint density at radius 1 is 1.62 bits per heavy atom. The van der Waals surface area contributed by atoms with E-state index in [1.54, 1.807) is 6.08 Å². The number of ether oxygens (including phenoxy) is 1. The Bertz CT molecular complexity index is 869. The van der Waals surface area contributed by atoms with Gasteiger partial charge in [0.1, 0.15) is 6.61 Å². The van der Waals surface area contributed by atoms with Crippen LogP contribution >= 0.6 is 8.25 Å². The Hall–Kier alpha value is -1.44. The van der Waals surface area contributed by atoms with Crippen LogP contribution in [-0.4, -0.2) is 31.7 Å². The number of nitrogens with zero attached hydrogens (tertiary/aromatic N) is 4. The fourth-order valence-electron chi connectivity index (χ4n) is 2.13. The van der Waals surface area contributed by atoms with Crippen molar-refractivity contribution in [3.05, 3.63) is 24.6 Å². The molecular weight excluding hydrogens is 351 g/mol. The number of fused-ring (bicyclic) bond motifs is 1. The minimum atomic E-state index is -3.07. The molecule has 1 unspecified atom stereocenters. The van der Waals surface area contributed by atoms with Crippen LogP contribution in [0.5, 0.6) is 0 Å². The molecule has 1 aliphatic rings. The molecule has 0 aromatic carbocycles. The molecule has 0 spiro atoms. The van der Waals surface area contributed by atoms with Crippen LogP contribution in [0, 0.1) is 18.4 Å².